The highest BCUT2D eigenvalue weighted by molar-refractivity contribution is 7.92. The summed E-state index contributed by atoms with van der Waals surface area (Å²) in [7, 11) is -3.63. The Kier molecular flexibility index (Phi) is 6.86. The molecule has 1 aliphatic carbocycles. The Bertz CT molecular complexity index is 1000. The number of nitrogens with zero attached hydrogens (tertiary/aromatic N) is 1. The van der Waals surface area contributed by atoms with Crippen LogP contribution in [0.15, 0.2) is 42.5 Å². The first-order chi connectivity index (χ1) is 14.2. The summed E-state index contributed by atoms with van der Waals surface area (Å²) >= 11 is 0. The minimum atomic E-state index is -3.63. The summed E-state index contributed by atoms with van der Waals surface area (Å²) in [5.74, 6) is -0.284. The number of hydrogen-bond acceptors (Lipinski definition) is 3. The van der Waals surface area contributed by atoms with E-state index >= 15 is 0 Å². The summed E-state index contributed by atoms with van der Waals surface area (Å²) in [6.07, 6.45) is 6.16. The van der Waals surface area contributed by atoms with Crippen molar-refractivity contribution in [3.05, 3.63) is 64.7 Å². The van der Waals surface area contributed by atoms with Crippen molar-refractivity contribution in [2.75, 3.05) is 10.6 Å². The molecule has 1 amide bonds. The van der Waals surface area contributed by atoms with Gasteiger partial charge in [-0.05, 0) is 74.8 Å². The lowest BCUT2D eigenvalue weighted by molar-refractivity contribution is -0.122. The Morgan fingerprint density at radius 3 is 2.30 bits per heavy atom. The van der Waals surface area contributed by atoms with Crippen LogP contribution >= 0.6 is 0 Å². The van der Waals surface area contributed by atoms with Gasteiger partial charge in [0.25, 0.3) is 0 Å². The zero-order valence-corrected chi connectivity index (χ0v) is 19.1. The molecule has 0 aliphatic heterocycles. The summed E-state index contributed by atoms with van der Waals surface area (Å²) in [6.45, 7) is 5.73. The summed E-state index contributed by atoms with van der Waals surface area (Å²) in [4.78, 5) is 13.2. The van der Waals surface area contributed by atoms with Crippen LogP contribution in [-0.2, 0) is 27.7 Å². The van der Waals surface area contributed by atoms with E-state index in [1.165, 1.54) is 28.3 Å². The number of anilines is 1. The average molecular weight is 429 g/mol. The Labute approximate surface area is 180 Å². The second-order valence-electron chi connectivity index (χ2n) is 8.28. The van der Waals surface area contributed by atoms with Gasteiger partial charge in [-0.1, -0.05) is 42.8 Å². The molecular weight excluding hydrogens is 396 g/mol. The Morgan fingerprint density at radius 1 is 1.07 bits per heavy atom. The van der Waals surface area contributed by atoms with E-state index in [2.05, 4.69) is 23.5 Å². The SMILES string of the molecule is CCC(C(=O)NC(C)c1ccc2c(c1)CCCC2)N(c1ccc(C)cc1)S(C)(=O)=O. The van der Waals surface area contributed by atoms with E-state index in [0.29, 0.717) is 12.1 Å². The number of carbonyl (C=O) groups excluding carboxylic acids is 1. The third-order valence-electron chi connectivity index (χ3n) is 5.85. The number of amides is 1. The van der Waals surface area contributed by atoms with E-state index in [-0.39, 0.29) is 11.9 Å². The van der Waals surface area contributed by atoms with Crippen LogP contribution in [0.2, 0.25) is 0 Å². The van der Waals surface area contributed by atoms with Crippen LogP contribution in [-0.4, -0.2) is 26.6 Å². The summed E-state index contributed by atoms with van der Waals surface area (Å²) < 4.78 is 26.4. The van der Waals surface area contributed by atoms with Crippen molar-refractivity contribution in [1.29, 1.82) is 0 Å². The Balaban J connectivity index is 1.82. The van der Waals surface area contributed by atoms with E-state index in [4.69, 9.17) is 0 Å². The van der Waals surface area contributed by atoms with E-state index in [0.717, 1.165) is 30.2 Å². The summed E-state index contributed by atoms with van der Waals surface area (Å²) in [6, 6.07) is 12.6. The predicted octanol–water partition coefficient (Wildman–Crippen LogP) is 4.30. The van der Waals surface area contributed by atoms with Crippen LogP contribution in [0.3, 0.4) is 0 Å². The van der Waals surface area contributed by atoms with Crippen molar-refractivity contribution in [1.82, 2.24) is 5.32 Å². The minimum Gasteiger partial charge on any atom is -0.348 e. The fraction of sp³-hybridized carbons (Fsp3) is 0.458. The first kappa shape index (κ1) is 22.3. The molecule has 2 aromatic carbocycles. The van der Waals surface area contributed by atoms with Gasteiger partial charge in [0.15, 0.2) is 0 Å². The van der Waals surface area contributed by atoms with Crippen LogP contribution in [0.4, 0.5) is 5.69 Å². The van der Waals surface area contributed by atoms with E-state index in [1.54, 1.807) is 12.1 Å². The number of rotatable bonds is 7. The molecule has 0 fully saturated rings. The molecule has 0 spiro atoms. The van der Waals surface area contributed by atoms with E-state index in [1.807, 2.05) is 32.9 Å². The van der Waals surface area contributed by atoms with Gasteiger partial charge in [0, 0.05) is 0 Å². The maximum atomic E-state index is 13.2. The largest absolute Gasteiger partial charge is 0.348 e. The molecule has 162 valence electrons. The monoisotopic (exact) mass is 428 g/mol. The fourth-order valence-corrected chi connectivity index (χ4v) is 5.38. The van der Waals surface area contributed by atoms with Crippen molar-refractivity contribution in [2.24, 2.45) is 0 Å². The molecule has 1 aliphatic rings. The van der Waals surface area contributed by atoms with Crippen LogP contribution in [0.5, 0.6) is 0 Å². The fourth-order valence-electron chi connectivity index (χ4n) is 4.17. The molecule has 0 bridgehead atoms. The second-order valence-corrected chi connectivity index (χ2v) is 10.1. The van der Waals surface area contributed by atoms with E-state index in [9.17, 15) is 13.2 Å². The van der Waals surface area contributed by atoms with Crippen molar-refractivity contribution in [3.63, 3.8) is 0 Å². The van der Waals surface area contributed by atoms with Gasteiger partial charge < -0.3 is 5.32 Å². The zero-order chi connectivity index (χ0) is 21.9. The topological polar surface area (TPSA) is 66.5 Å². The molecule has 5 nitrogen and oxygen atoms in total. The number of nitrogens with one attached hydrogen (secondary N) is 1. The van der Waals surface area contributed by atoms with Gasteiger partial charge in [0.2, 0.25) is 15.9 Å². The van der Waals surface area contributed by atoms with Crippen LogP contribution in [0, 0.1) is 6.92 Å². The van der Waals surface area contributed by atoms with Crippen molar-refractivity contribution in [3.8, 4) is 0 Å². The molecule has 2 unspecified atom stereocenters. The molecule has 6 heteroatoms. The summed E-state index contributed by atoms with van der Waals surface area (Å²) in [5, 5.41) is 3.04. The molecule has 0 radical (unpaired) electrons. The third-order valence-corrected chi connectivity index (χ3v) is 7.03. The molecule has 0 aromatic heterocycles. The standard InChI is InChI=1S/C24H32N2O3S/c1-5-23(26(30(4,28)29)22-14-10-17(2)11-15-22)24(27)25-18(3)20-13-12-19-8-6-7-9-21(19)16-20/h10-16,18,23H,5-9H2,1-4H3,(H,25,27). The highest BCUT2D eigenvalue weighted by atomic mass is 32.2. The molecule has 30 heavy (non-hydrogen) atoms. The molecule has 0 saturated heterocycles. The van der Waals surface area contributed by atoms with Crippen LogP contribution < -0.4 is 9.62 Å². The number of fused-ring (bicyclic) bond motifs is 1. The number of hydrogen-bond donors (Lipinski definition) is 1. The first-order valence-electron chi connectivity index (χ1n) is 10.7. The van der Waals surface area contributed by atoms with Gasteiger partial charge in [-0.3, -0.25) is 9.10 Å². The highest BCUT2D eigenvalue weighted by Crippen LogP contribution is 2.26. The average Bonchev–Trinajstić information content (AvgIpc) is 2.71. The summed E-state index contributed by atoms with van der Waals surface area (Å²) in [5.41, 5.74) is 5.36. The van der Waals surface area contributed by atoms with Gasteiger partial charge in [0.1, 0.15) is 6.04 Å². The van der Waals surface area contributed by atoms with Gasteiger partial charge in [0.05, 0.1) is 18.0 Å². The van der Waals surface area contributed by atoms with Gasteiger partial charge in [-0.25, -0.2) is 8.42 Å². The molecular formula is C24H32N2O3S. The maximum absolute atomic E-state index is 13.2. The van der Waals surface area contributed by atoms with Crippen molar-refractivity contribution >= 4 is 21.6 Å². The smallest absolute Gasteiger partial charge is 0.244 e. The maximum Gasteiger partial charge on any atom is 0.244 e. The molecule has 2 aromatic rings. The molecule has 0 heterocycles. The van der Waals surface area contributed by atoms with Gasteiger partial charge in [-0.2, -0.15) is 0 Å². The predicted molar refractivity (Wildman–Crippen MR) is 122 cm³/mol. The lowest BCUT2D eigenvalue weighted by atomic mass is 9.89. The molecule has 0 saturated carbocycles. The van der Waals surface area contributed by atoms with Crippen LogP contribution in [0.25, 0.3) is 0 Å². The number of benzene rings is 2. The molecule has 1 N–H and O–H groups in total. The van der Waals surface area contributed by atoms with Crippen LogP contribution in [0.1, 0.15) is 61.4 Å². The highest BCUT2D eigenvalue weighted by Gasteiger charge is 2.32. The number of aryl methyl sites for hydroxylation is 3. The Hall–Kier alpha value is -2.34. The quantitative estimate of drug-likeness (QED) is 0.715. The number of sulfonamides is 1. The molecule has 3 rings (SSSR count). The lowest BCUT2D eigenvalue weighted by Gasteiger charge is -2.31. The van der Waals surface area contributed by atoms with Crippen molar-refractivity contribution in [2.45, 2.75) is 65.0 Å². The number of carbonyl (C=O) groups is 1. The second kappa shape index (κ2) is 9.21. The normalized spacial score (nSPS) is 15.7. The van der Waals surface area contributed by atoms with Gasteiger partial charge in [-0.15, -0.1) is 0 Å². The molecule has 2 atom stereocenters. The Morgan fingerprint density at radius 2 is 1.70 bits per heavy atom. The van der Waals surface area contributed by atoms with Crippen molar-refractivity contribution < 1.29 is 13.2 Å². The van der Waals surface area contributed by atoms with E-state index < -0.39 is 16.1 Å². The first-order valence-corrected chi connectivity index (χ1v) is 12.5. The minimum absolute atomic E-state index is 0.196. The third kappa shape index (κ3) is 5.04. The zero-order valence-electron chi connectivity index (χ0n) is 18.3. The lowest BCUT2D eigenvalue weighted by Crippen LogP contribution is -2.49. The van der Waals surface area contributed by atoms with Gasteiger partial charge >= 0.3 is 0 Å².